The van der Waals surface area contributed by atoms with Crippen molar-refractivity contribution in [2.75, 3.05) is 12.5 Å². The van der Waals surface area contributed by atoms with Gasteiger partial charge in [-0.2, -0.15) is 0 Å². The molecule has 1 aliphatic heterocycles. The molecule has 1 amide bonds. The SMILES string of the molecule is Cc1cc2c(c(C)c1-n1c(N)c(C(N)=O)c3cc(Cl)cnc31)OCO2. The van der Waals surface area contributed by atoms with Crippen molar-refractivity contribution in [3.8, 4) is 17.2 Å². The Morgan fingerprint density at radius 2 is 2.08 bits per heavy atom. The van der Waals surface area contributed by atoms with Crippen LogP contribution in [0.15, 0.2) is 18.3 Å². The van der Waals surface area contributed by atoms with Crippen molar-refractivity contribution < 1.29 is 14.3 Å². The Labute approximate surface area is 148 Å². The number of halogens is 1. The Hall–Kier alpha value is -2.93. The standard InChI is InChI=1S/C17H15ClN4O3/c1-7-3-11-14(25-6-24-11)8(2)13(7)22-15(19)12(16(20)23)10-4-9(18)5-21-17(10)22/h3-5H,6,19H2,1-2H3,(H2,20,23). The molecule has 1 aromatic carbocycles. The minimum absolute atomic E-state index is 0.168. The minimum Gasteiger partial charge on any atom is -0.454 e. The maximum Gasteiger partial charge on any atom is 0.253 e. The number of aromatic nitrogens is 2. The van der Waals surface area contributed by atoms with Crippen molar-refractivity contribution in [3.63, 3.8) is 0 Å². The first kappa shape index (κ1) is 15.6. The fourth-order valence-corrected chi connectivity index (χ4v) is 3.50. The molecule has 0 aliphatic carbocycles. The lowest BCUT2D eigenvalue weighted by atomic mass is 10.1. The zero-order valence-corrected chi connectivity index (χ0v) is 14.3. The number of benzene rings is 1. The van der Waals surface area contributed by atoms with E-state index < -0.39 is 5.91 Å². The van der Waals surface area contributed by atoms with Crippen LogP contribution in [0.25, 0.3) is 16.7 Å². The molecule has 0 unspecified atom stereocenters. The molecule has 0 bridgehead atoms. The zero-order valence-electron chi connectivity index (χ0n) is 13.6. The van der Waals surface area contributed by atoms with Crippen molar-refractivity contribution in [2.24, 2.45) is 5.73 Å². The second-order valence-electron chi connectivity index (χ2n) is 5.89. The Bertz CT molecular complexity index is 1060. The number of hydrogen-bond acceptors (Lipinski definition) is 5. The second-order valence-corrected chi connectivity index (χ2v) is 6.32. The van der Waals surface area contributed by atoms with Gasteiger partial charge in [0.2, 0.25) is 6.79 Å². The largest absolute Gasteiger partial charge is 0.454 e. The van der Waals surface area contributed by atoms with Crippen molar-refractivity contribution in [2.45, 2.75) is 13.8 Å². The van der Waals surface area contributed by atoms with Crippen LogP contribution in [0.3, 0.4) is 0 Å². The lowest BCUT2D eigenvalue weighted by Crippen LogP contribution is -2.14. The van der Waals surface area contributed by atoms with E-state index >= 15 is 0 Å². The van der Waals surface area contributed by atoms with E-state index in [2.05, 4.69) is 4.98 Å². The average Bonchev–Trinajstić information content (AvgIpc) is 3.10. The molecule has 3 aromatic rings. The number of carbonyl (C=O) groups is 1. The molecule has 2 aromatic heterocycles. The summed E-state index contributed by atoms with van der Waals surface area (Å²) >= 11 is 6.04. The predicted octanol–water partition coefficient (Wildman–Crippen LogP) is 2.71. The highest BCUT2D eigenvalue weighted by Gasteiger charge is 2.27. The lowest BCUT2D eigenvalue weighted by molar-refractivity contribution is 0.100. The summed E-state index contributed by atoms with van der Waals surface area (Å²) in [5, 5.41) is 0.903. The summed E-state index contributed by atoms with van der Waals surface area (Å²) in [5.41, 5.74) is 15.0. The van der Waals surface area contributed by atoms with Gasteiger partial charge in [0.25, 0.3) is 5.91 Å². The molecule has 4 N–H and O–H groups in total. The third-order valence-electron chi connectivity index (χ3n) is 4.34. The number of nitrogen functional groups attached to an aromatic ring is 1. The number of pyridine rings is 1. The van der Waals surface area contributed by atoms with E-state index in [1.807, 2.05) is 19.9 Å². The fourth-order valence-electron chi connectivity index (χ4n) is 3.34. The number of nitrogens with zero attached hydrogens (tertiary/aromatic N) is 2. The molecule has 0 saturated carbocycles. The number of rotatable bonds is 2. The van der Waals surface area contributed by atoms with Crippen LogP contribution in [0.4, 0.5) is 5.82 Å². The van der Waals surface area contributed by atoms with E-state index in [-0.39, 0.29) is 18.2 Å². The van der Waals surface area contributed by atoms with Crippen molar-refractivity contribution >= 4 is 34.4 Å². The summed E-state index contributed by atoms with van der Waals surface area (Å²) in [6.07, 6.45) is 1.50. The first-order valence-electron chi connectivity index (χ1n) is 7.55. The molecule has 7 nitrogen and oxygen atoms in total. The molecule has 25 heavy (non-hydrogen) atoms. The Morgan fingerprint density at radius 3 is 2.80 bits per heavy atom. The Balaban J connectivity index is 2.13. The molecule has 1 aliphatic rings. The summed E-state index contributed by atoms with van der Waals surface area (Å²) in [6, 6.07) is 3.50. The van der Waals surface area contributed by atoms with E-state index in [0.29, 0.717) is 27.6 Å². The summed E-state index contributed by atoms with van der Waals surface area (Å²) in [6.45, 7) is 4.00. The van der Waals surface area contributed by atoms with Gasteiger partial charge in [0.05, 0.1) is 16.3 Å². The number of primary amides is 1. The van der Waals surface area contributed by atoms with Crippen LogP contribution in [-0.2, 0) is 0 Å². The lowest BCUT2D eigenvalue weighted by Gasteiger charge is -2.16. The molecule has 0 saturated heterocycles. The molecule has 3 heterocycles. The van der Waals surface area contributed by atoms with Crippen molar-refractivity contribution in [1.29, 1.82) is 0 Å². The van der Waals surface area contributed by atoms with Gasteiger partial charge < -0.3 is 20.9 Å². The molecule has 0 fully saturated rings. The van der Waals surface area contributed by atoms with Gasteiger partial charge in [-0.1, -0.05) is 11.6 Å². The van der Waals surface area contributed by atoms with Gasteiger partial charge >= 0.3 is 0 Å². The average molecular weight is 359 g/mol. The van der Waals surface area contributed by atoms with Crippen molar-refractivity contribution in [1.82, 2.24) is 9.55 Å². The first-order chi connectivity index (χ1) is 11.9. The second kappa shape index (κ2) is 5.29. The van der Waals surface area contributed by atoms with E-state index in [1.54, 1.807) is 10.6 Å². The number of ether oxygens (including phenoxy) is 2. The molecule has 128 valence electrons. The number of amides is 1. The number of anilines is 1. The quantitative estimate of drug-likeness (QED) is 0.732. The number of nitrogens with two attached hydrogens (primary N) is 2. The van der Waals surface area contributed by atoms with Gasteiger partial charge in [0, 0.05) is 17.1 Å². The fraction of sp³-hybridized carbons (Fsp3) is 0.176. The number of carbonyl (C=O) groups excluding carboxylic acids is 1. The molecular weight excluding hydrogens is 344 g/mol. The summed E-state index contributed by atoms with van der Waals surface area (Å²) in [5.74, 6) is 0.903. The van der Waals surface area contributed by atoms with Gasteiger partial charge in [-0.05, 0) is 31.5 Å². The minimum atomic E-state index is -0.638. The zero-order chi connectivity index (χ0) is 17.9. The monoisotopic (exact) mass is 358 g/mol. The Morgan fingerprint density at radius 1 is 1.32 bits per heavy atom. The van der Waals surface area contributed by atoms with Gasteiger partial charge in [-0.3, -0.25) is 9.36 Å². The van der Waals surface area contributed by atoms with Crippen LogP contribution in [-0.4, -0.2) is 22.3 Å². The molecule has 0 radical (unpaired) electrons. The van der Waals surface area contributed by atoms with Crippen LogP contribution in [0.2, 0.25) is 5.02 Å². The van der Waals surface area contributed by atoms with Crippen LogP contribution in [0.5, 0.6) is 11.5 Å². The van der Waals surface area contributed by atoms with E-state index in [9.17, 15) is 4.79 Å². The number of fused-ring (bicyclic) bond motifs is 2. The van der Waals surface area contributed by atoms with Crippen molar-refractivity contribution in [3.05, 3.63) is 40.0 Å². The predicted molar refractivity (Wildman–Crippen MR) is 94.6 cm³/mol. The summed E-state index contributed by atoms with van der Waals surface area (Å²) < 4.78 is 12.7. The van der Waals surface area contributed by atoms with Gasteiger partial charge in [-0.15, -0.1) is 0 Å². The summed E-state index contributed by atoms with van der Waals surface area (Å²) in [4.78, 5) is 16.3. The molecule has 8 heteroatoms. The number of hydrogen-bond donors (Lipinski definition) is 2. The highest BCUT2D eigenvalue weighted by molar-refractivity contribution is 6.31. The maximum atomic E-state index is 12.0. The van der Waals surface area contributed by atoms with Gasteiger partial charge in [0.1, 0.15) is 11.5 Å². The molecule has 4 rings (SSSR count). The normalized spacial score (nSPS) is 12.8. The Kier molecular flexibility index (Phi) is 3.30. The molecule has 0 atom stereocenters. The van der Waals surface area contributed by atoms with Crippen LogP contribution >= 0.6 is 11.6 Å². The smallest absolute Gasteiger partial charge is 0.253 e. The highest BCUT2D eigenvalue weighted by atomic mass is 35.5. The first-order valence-corrected chi connectivity index (χ1v) is 7.93. The highest BCUT2D eigenvalue weighted by Crippen LogP contribution is 2.43. The van der Waals surface area contributed by atoms with Gasteiger partial charge in [0.15, 0.2) is 11.5 Å². The van der Waals surface area contributed by atoms with E-state index in [4.69, 9.17) is 32.5 Å². The maximum absolute atomic E-state index is 12.0. The topological polar surface area (TPSA) is 105 Å². The third kappa shape index (κ3) is 2.12. The molecular formula is C17H15ClN4O3. The van der Waals surface area contributed by atoms with Gasteiger partial charge in [-0.25, -0.2) is 4.98 Å². The summed E-state index contributed by atoms with van der Waals surface area (Å²) in [7, 11) is 0. The molecule has 0 spiro atoms. The third-order valence-corrected chi connectivity index (χ3v) is 4.55. The van der Waals surface area contributed by atoms with Crippen LogP contribution in [0.1, 0.15) is 21.5 Å². The number of aryl methyl sites for hydroxylation is 1. The van der Waals surface area contributed by atoms with E-state index in [1.165, 1.54) is 6.20 Å². The van der Waals surface area contributed by atoms with E-state index in [0.717, 1.165) is 16.8 Å². The van der Waals surface area contributed by atoms with Crippen LogP contribution in [0, 0.1) is 13.8 Å². The van der Waals surface area contributed by atoms with Crippen LogP contribution < -0.4 is 20.9 Å².